The summed E-state index contributed by atoms with van der Waals surface area (Å²) < 4.78 is 0. The average Bonchev–Trinajstić information content (AvgIpc) is 2.41. The van der Waals surface area contributed by atoms with Gasteiger partial charge in [0.05, 0.1) is 11.4 Å². The normalized spacial score (nSPS) is 14.6. The topological polar surface area (TPSA) is 24.1 Å². The van der Waals surface area contributed by atoms with Gasteiger partial charge in [0.25, 0.3) is 0 Å². The monoisotopic (exact) mass is 188 g/mol. The number of fused-ring (bicyclic) bond motifs is 1. The highest BCUT2D eigenvalue weighted by Gasteiger charge is 2.23. The third-order valence-electron chi connectivity index (χ3n) is 2.43. The lowest BCUT2D eigenvalue weighted by molar-refractivity contribution is 0.593. The van der Waals surface area contributed by atoms with Crippen LogP contribution in [0.5, 0.6) is 0 Å². The fourth-order valence-corrected chi connectivity index (χ4v) is 1.76. The van der Waals surface area contributed by atoms with Gasteiger partial charge in [-0.1, -0.05) is 39.5 Å². The van der Waals surface area contributed by atoms with Gasteiger partial charge < -0.3 is 10.6 Å². The Morgan fingerprint density at radius 2 is 1.86 bits per heavy atom. The van der Waals surface area contributed by atoms with Gasteiger partial charge >= 0.3 is 0 Å². The number of para-hydroxylation sites is 1. The van der Waals surface area contributed by atoms with Crippen LogP contribution in [0.3, 0.4) is 0 Å². The Morgan fingerprint density at radius 1 is 1.14 bits per heavy atom. The highest BCUT2D eigenvalue weighted by atomic mass is 15.2. The molecule has 0 aliphatic carbocycles. The molecule has 74 valence electrons. The van der Waals surface area contributed by atoms with E-state index in [2.05, 4.69) is 56.2 Å². The van der Waals surface area contributed by atoms with Gasteiger partial charge in [-0.2, -0.15) is 0 Å². The van der Waals surface area contributed by atoms with Gasteiger partial charge in [0.2, 0.25) is 0 Å². The minimum atomic E-state index is 0.157. The van der Waals surface area contributed by atoms with Crippen molar-refractivity contribution < 1.29 is 0 Å². The van der Waals surface area contributed by atoms with Crippen LogP contribution in [-0.4, -0.2) is 0 Å². The molecule has 1 aliphatic heterocycles. The fraction of sp³-hybridized carbons (Fsp3) is 0.333. The van der Waals surface area contributed by atoms with Crippen LogP contribution >= 0.6 is 0 Å². The van der Waals surface area contributed by atoms with Crippen molar-refractivity contribution in [2.24, 2.45) is 0 Å². The zero-order valence-corrected chi connectivity index (χ0v) is 8.94. The summed E-state index contributed by atoms with van der Waals surface area (Å²) in [7, 11) is 0. The predicted octanol–water partition coefficient (Wildman–Crippen LogP) is 3.29. The molecule has 0 atom stereocenters. The van der Waals surface area contributed by atoms with Crippen LogP contribution in [0.2, 0.25) is 0 Å². The molecule has 1 aliphatic rings. The molecule has 1 aromatic rings. The van der Waals surface area contributed by atoms with Crippen LogP contribution in [0.15, 0.2) is 30.6 Å². The lowest BCUT2D eigenvalue weighted by atomic mass is 9.85. The van der Waals surface area contributed by atoms with Gasteiger partial charge in [-0.05, 0) is 17.0 Å². The molecule has 2 rings (SSSR count). The van der Waals surface area contributed by atoms with E-state index in [0.29, 0.717) is 0 Å². The molecule has 1 heterocycles. The van der Waals surface area contributed by atoms with Crippen LogP contribution in [0.25, 0.3) is 0 Å². The van der Waals surface area contributed by atoms with Gasteiger partial charge in [-0.3, -0.25) is 0 Å². The maximum Gasteiger partial charge on any atom is 0.100 e. The van der Waals surface area contributed by atoms with Crippen LogP contribution in [0.4, 0.5) is 11.4 Å². The van der Waals surface area contributed by atoms with Crippen LogP contribution in [0, 0.1) is 0 Å². The summed E-state index contributed by atoms with van der Waals surface area (Å²) in [6, 6.07) is 6.30. The largest absolute Gasteiger partial charge is 0.341 e. The van der Waals surface area contributed by atoms with Crippen LogP contribution < -0.4 is 10.6 Å². The first-order valence-corrected chi connectivity index (χ1v) is 4.85. The summed E-state index contributed by atoms with van der Waals surface area (Å²) in [6.45, 7) is 10.5. The minimum absolute atomic E-state index is 0.157. The molecule has 0 radical (unpaired) electrons. The predicted molar refractivity (Wildman–Crippen MR) is 61.5 cm³/mol. The second kappa shape index (κ2) is 2.77. The van der Waals surface area contributed by atoms with Crippen molar-refractivity contribution in [1.29, 1.82) is 0 Å². The Bertz CT molecular complexity index is 386. The second-order valence-corrected chi connectivity index (χ2v) is 4.71. The smallest absolute Gasteiger partial charge is 0.100 e. The average molecular weight is 188 g/mol. The summed E-state index contributed by atoms with van der Waals surface area (Å²) in [5.74, 6) is 0.858. The first-order chi connectivity index (χ1) is 6.48. The van der Waals surface area contributed by atoms with Crippen molar-refractivity contribution in [3.8, 4) is 0 Å². The van der Waals surface area contributed by atoms with E-state index in [4.69, 9.17) is 0 Å². The summed E-state index contributed by atoms with van der Waals surface area (Å²) in [6.07, 6.45) is 0. The maximum atomic E-state index is 3.87. The van der Waals surface area contributed by atoms with Gasteiger partial charge in [-0.15, -0.1) is 0 Å². The minimum Gasteiger partial charge on any atom is -0.341 e. The second-order valence-electron chi connectivity index (χ2n) is 4.71. The Hall–Kier alpha value is -1.44. The molecule has 0 aromatic heterocycles. The van der Waals surface area contributed by atoms with E-state index in [-0.39, 0.29) is 5.41 Å². The molecule has 2 heteroatoms. The summed E-state index contributed by atoms with van der Waals surface area (Å²) in [4.78, 5) is 0. The summed E-state index contributed by atoms with van der Waals surface area (Å²) >= 11 is 0. The molecule has 0 fully saturated rings. The van der Waals surface area contributed by atoms with E-state index in [9.17, 15) is 0 Å². The van der Waals surface area contributed by atoms with E-state index in [1.165, 1.54) is 11.3 Å². The molecule has 0 bridgehead atoms. The third kappa shape index (κ3) is 1.37. The zero-order chi connectivity index (χ0) is 10.3. The van der Waals surface area contributed by atoms with Crippen molar-refractivity contribution in [3.63, 3.8) is 0 Å². The lowest BCUT2D eigenvalue weighted by Gasteiger charge is -2.21. The molecule has 2 nitrogen and oxygen atoms in total. The number of hydrogen-bond acceptors (Lipinski definition) is 2. The van der Waals surface area contributed by atoms with Gasteiger partial charge in [0.1, 0.15) is 5.82 Å². The molecule has 0 saturated heterocycles. The molecular weight excluding hydrogens is 172 g/mol. The van der Waals surface area contributed by atoms with Crippen LogP contribution in [-0.2, 0) is 5.41 Å². The quantitative estimate of drug-likeness (QED) is 0.652. The first-order valence-electron chi connectivity index (χ1n) is 4.85. The van der Waals surface area contributed by atoms with Crippen molar-refractivity contribution in [1.82, 2.24) is 0 Å². The molecule has 1 aromatic carbocycles. The van der Waals surface area contributed by atoms with Crippen molar-refractivity contribution in [3.05, 3.63) is 36.2 Å². The van der Waals surface area contributed by atoms with Crippen LogP contribution in [0.1, 0.15) is 26.3 Å². The number of benzene rings is 1. The standard InChI is InChI=1S/C12H16N2/c1-8-13-10-7-5-6-9(11(10)14-8)12(2,3)4/h5-7,13-14H,1H2,2-4H3. The first kappa shape index (κ1) is 9.13. The van der Waals surface area contributed by atoms with Crippen molar-refractivity contribution in [2.45, 2.75) is 26.2 Å². The summed E-state index contributed by atoms with van der Waals surface area (Å²) in [5.41, 5.74) is 3.78. The Balaban J connectivity index is 2.55. The van der Waals surface area contributed by atoms with E-state index in [0.717, 1.165) is 11.5 Å². The number of hydrogen-bond donors (Lipinski definition) is 2. The van der Waals surface area contributed by atoms with Crippen molar-refractivity contribution >= 4 is 11.4 Å². The van der Waals surface area contributed by atoms with E-state index >= 15 is 0 Å². The Labute approximate surface area is 85.0 Å². The Kier molecular flexibility index (Phi) is 1.81. The van der Waals surface area contributed by atoms with Crippen molar-refractivity contribution in [2.75, 3.05) is 10.6 Å². The number of nitrogens with one attached hydrogen (secondary N) is 2. The van der Waals surface area contributed by atoms with E-state index in [1.807, 2.05) is 0 Å². The van der Waals surface area contributed by atoms with Gasteiger partial charge in [0, 0.05) is 0 Å². The molecule has 14 heavy (non-hydrogen) atoms. The van der Waals surface area contributed by atoms with E-state index < -0.39 is 0 Å². The van der Waals surface area contributed by atoms with E-state index in [1.54, 1.807) is 0 Å². The highest BCUT2D eigenvalue weighted by Crippen LogP contribution is 2.39. The van der Waals surface area contributed by atoms with Gasteiger partial charge in [0.15, 0.2) is 0 Å². The lowest BCUT2D eigenvalue weighted by Crippen LogP contribution is -2.12. The SMILES string of the molecule is C=C1Nc2cccc(C(C)(C)C)c2N1. The summed E-state index contributed by atoms with van der Waals surface area (Å²) in [5, 5.41) is 6.47. The highest BCUT2D eigenvalue weighted by molar-refractivity contribution is 5.82. The molecular formula is C12H16N2. The molecule has 2 N–H and O–H groups in total. The fourth-order valence-electron chi connectivity index (χ4n) is 1.76. The Morgan fingerprint density at radius 3 is 2.50 bits per heavy atom. The number of anilines is 2. The maximum absolute atomic E-state index is 3.87. The molecule has 0 amide bonds. The zero-order valence-electron chi connectivity index (χ0n) is 8.94. The molecule has 0 spiro atoms. The molecule has 0 unspecified atom stereocenters. The molecule has 0 saturated carbocycles. The number of rotatable bonds is 0. The third-order valence-corrected chi connectivity index (χ3v) is 2.43. The van der Waals surface area contributed by atoms with Gasteiger partial charge in [-0.25, -0.2) is 0 Å².